The summed E-state index contributed by atoms with van der Waals surface area (Å²) in [6.45, 7) is 1.55. The van der Waals surface area contributed by atoms with Gasteiger partial charge in [-0.25, -0.2) is 0 Å². The highest BCUT2D eigenvalue weighted by atomic mass is 79.9. The molecule has 2 fully saturated rings. The van der Waals surface area contributed by atoms with Crippen LogP contribution in [-0.4, -0.2) is 46.9 Å². The number of carbonyl (C=O) groups is 2. The Bertz CT molecular complexity index is 907. The number of anilines is 2. The fourth-order valence-corrected chi connectivity index (χ4v) is 4.39. The Labute approximate surface area is 188 Å². The van der Waals surface area contributed by atoms with Gasteiger partial charge in [0, 0.05) is 23.6 Å². The number of carbonyl (C=O) groups excluding carboxylic acids is 2. The lowest BCUT2D eigenvalue weighted by Gasteiger charge is -2.32. The lowest BCUT2D eigenvalue weighted by molar-refractivity contribution is -0.125. The van der Waals surface area contributed by atoms with Crippen molar-refractivity contribution in [1.29, 1.82) is 0 Å². The normalized spacial score (nSPS) is 18.7. The highest BCUT2D eigenvalue weighted by Gasteiger charge is 2.30. The largest absolute Gasteiger partial charge is 0.354 e. The Morgan fingerprint density at radius 2 is 1.97 bits per heavy atom. The highest BCUT2D eigenvalue weighted by Crippen LogP contribution is 2.26. The summed E-state index contributed by atoms with van der Waals surface area (Å²) >= 11 is 4.77. The van der Waals surface area contributed by atoms with Gasteiger partial charge < -0.3 is 15.5 Å². The minimum atomic E-state index is -0.0988. The first-order chi connectivity index (χ1) is 14.6. The van der Waals surface area contributed by atoms with Crippen LogP contribution < -0.4 is 15.5 Å². The van der Waals surface area contributed by atoms with Gasteiger partial charge in [-0.1, -0.05) is 23.9 Å². The van der Waals surface area contributed by atoms with E-state index in [4.69, 9.17) is 0 Å². The van der Waals surface area contributed by atoms with Crippen molar-refractivity contribution in [1.82, 2.24) is 15.5 Å². The number of thioether (sulfide) groups is 1. The molecule has 1 aliphatic carbocycles. The number of benzene rings is 1. The van der Waals surface area contributed by atoms with E-state index in [-0.39, 0.29) is 23.5 Å². The first-order valence-corrected chi connectivity index (χ1v) is 11.9. The molecule has 9 heteroatoms. The number of hydrogen-bond donors (Lipinski definition) is 2. The number of hydrogen-bond acceptors (Lipinski definition) is 6. The van der Waals surface area contributed by atoms with Gasteiger partial charge in [0.25, 0.3) is 0 Å². The molecule has 4 rings (SSSR count). The molecule has 0 radical (unpaired) electrons. The van der Waals surface area contributed by atoms with Crippen molar-refractivity contribution in [2.45, 2.75) is 36.8 Å². The summed E-state index contributed by atoms with van der Waals surface area (Å²) in [5.74, 6) is 1.11. The van der Waals surface area contributed by atoms with E-state index >= 15 is 0 Å². The van der Waals surface area contributed by atoms with Gasteiger partial charge >= 0.3 is 0 Å². The lowest BCUT2D eigenvalue weighted by atomic mass is 9.97. The molecule has 158 valence electrons. The molecule has 2 aromatic rings. The third-order valence-corrected chi connectivity index (χ3v) is 6.78. The summed E-state index contributed by atoms with van der Waals surface area (Å²) in [4.78, 5) is 26.7. The molecule has 1 aliphatic heterocycles. The molecule has 1 aromatic heterocycles. The van der Waals surface area contributed by atoms with Crippen LogP contribution in [0.5, 0.6) is 0 Å². The molecule has 2 aliphatic rings. The maximum absolute atomic E-state index is 12.4. The molecule has 30 heavy (non-hydrogen) atoms. The summed E-state index contributed by atoms with van der Waals surface area (Å²) in [7, 11) is 0. The van der Waals surface area contributed by atoms with E-state index in [0.29, 0.717) is 17.6 Å². The minimum absolute atomic E-state index is 0.0104. The Morgan fingerprint density at radius 3 is 2.70 bits per heavy atom. The zero-order valence-corrected chi connectivity index (χ0v) is 18.9. The molecule has 1 atom stereocenters. The zero-order valence-electron chi connectivity index (χ0n) is 16.5. The molecule has 2 N–H and O–H groups in total. The smallest absolute Gasteiger partial charge is 0.234 e. The van der Waals surface area contributed by atoms with E-state index < -0.39 is 0 Å². The van der Waals surface area contributed by atoms with Crippen molar-refractivity contribution in [3.63, 3.8) is 0 Å². The predicted octanol–water partition coefficient (Wildman–Crippen LogP) is 3.46. The number of piperidine rings is 1. The van der Waals surface area contributed by atoms with Crippen molar-refractivity contribution in [3.05, 3.63) is 40.9 Å². The molecule has 2 heterocycles. The van der Waals surface area contributed by atoms with E-state index in [1.54, 1.807) is 0 Å². The third kappa shape index (κ3) is 5.72. The van der Waals surface area contributed by atoms with E-state index in [1.165, 1.54) is 11.8 Å². The molecular formula is C21H24BrN5O2S. The number of nitrogens with zero attached hydrogens (tertiary/aromatic N) is 3. The van der Waals surface area contributed by atoms with Gasteiger partial charge in [-0.05, 0) is 65.9 Å². The molecule has 1 saturated carbocycles. The monoisotopic (exact) mass is 489 g/mol. The fraction of sp³-hybridized carbons (Fsp3) is 0.429. The van der Waals surface area contributed by atoms with E-state index in [1.807, 2.05) is 36.4 Å². The van der Waals surface area contributed by atoms with Gasteiger partial charge in [0.05, 0.1) is 17.4 Å². The van der Waals surface area contributed by atoms with Crippen molar-refractivity contribution in [2.24, 2.45) is 5.92 Å². The quantitative estimate of drug-likeness (QED) is 0.579. The van der Waals surface area contributed by atoms with Gasteiger partial charge in [-0.2, -0.15) is 0 Å². The Balaban J connectivity index is 1.27. The summed E-state index contributed by atoms with van der Waals surface area (Å²) < 4.78 is 0.846. The van der Waals surface area contributed by atoms with Crippen LogP contribution in [0.3, 0.4) is 0 Å². The number of nitrogens with one attached hydrogen (secondary N) is 2. The molecule has 0 bridgehead atoms. The second-order valence-electron chi connectivity index (χ2n) is 7.61. The summed E-state index contributed by atoms with van der Waals surface area (Å²) in [5, 5.41) is 15.3. The van der Waals surface area contributed by atoms with E-state index in [9.17, 15) is 9.59 Å². The van der Waals surface area contributed by atoms with Crippen molar-refractivity contribution in [2.75, 3.05) is 29.1 Å². The maximum Gasteiger partial charge on any atom is 0.234 e. The molecular weight excluding hydrogens is 466 g/mol. The van der Waals surface area contributed by atoms with Crippen LogP contribution in [-0.2, 0) is 9.59 Å². The number of halogens is 1. The highest BCUT2D eigenvalue weighted by molar-refractivity contribution is 9.10. The van der Waals surface area contributed by atoms with Crippen LogP contribution in [0.25, 0.3) is 0 Å². The fourth-order valence-electron chi connectivity index (χ4n) is 3.39. The minimum Gasteiger partial charge on any atom is -0.354 e. The van der Waals surface area contributed by atoms with Gasteiger partial charge in [0.1, 0.15) is 5.03 Å². The Hall–Kier alpha value is -2.13. The molecule has 1 saturated heterocycles. The SMILES string of the molecule is O=C(CSc1ccc(N2CCC[C@H](C(=O)NC3CC3)C2)nn1)Nc1ccccc1Br. The van der Waals surface area contributed by atoms with Crippen LogP contribution in [0.4, 0.5) is 11.5 Å². The van der Waals surface area contributed by atoms with Gasteiger partial charge in [0.15, 0.2) is 5.82 Å². The average molecular weight is 490 g/mol. The first-order valence-electron chi connectivity index (χ1n) is 10.1. The number of amides is 2. The Kier molecular flexibility index (Phi) is 6.89. The average Bonchev–Trinajstić information content (AvgIpc) is 3.58. The third-order valence-electron chi connectivity index (χ3n) is 5.16. The second-order valence-corrected chi connectivity index (χ2v) is 9.46. The van der Waals surface area contributed by atoms with Crippen LogP contribution >= 0.6 is 27.7 Å². The standard InChI is InChI=1S/C21H24BrN5O2S/c22-16-5-1-2-6-17(16)24-19(28)13-30-20-10-9-18(25-26-20)27-11-3-4-14(12-27)21(29)23-15-7-8-15/h1-2,5-6,9-10,14-15H,3-4,7-8,11-13H2,(H,23,29)(H,24,28)/t14-/m0/s1. The maximum atomic E-state index is 12.4. The molecule has 2 amide bonds. The lowest BCUT2D eigenvalue weighted by Crippen LogP contribution is -2.44. The molecule has 0 spiro atoms. The second kappa shape index (κ2) is 9.78. The van der Waals surface area contributed by atoms with Gasteiger partial charge in [-0.15, -0.1) is 10.2 Å². The summed E-state index contributed by atoms with van der Waals surface area (Å²) in [6.07, 6.45) is 4.10. The predicted molar refractivity (Wildman–Crippen MR) is 122 cm³/mol. The van der Waals surface area contributed by atoms with Crippen LogP contribution in [0, 0.1) is 5.92 Å². The molecule has 1 aromatic carbocycles. The Morgan fingerprint density at radius 1 is 1.13 bits per heavy atom. The first kappa shape index (κ1) is 21.1. The number of rotatable bonds is 7. The molecule has 7 nitrogen and oxygen atoms in total. The van der Waals surface area contributed by atoms with Crippen molar-refractivity contribution < 1.29 is 9.59 Å². The topological polar surface area (TPSA) is 87.2 Å². The molecule has 0 unspecified atom stereocenters. The van der Waals surface area contributed by atoms with E-state index in [0.717, 1.165) is 48.2 Å². The van der Waals surface area contributed by atoms with Gasteiger partial charge in [-0.3, -0.25) is 9.59 Å². The van der Waals surface area contributed by atoms with Crippen LogP contribution in [0.2, 0.25) is 0 Å². The van der Waals surface area contributed by atoms with Crippen molar-refractivity contribution in [3.8, 4) is 0 Å². The van der Waals surface area contributed by atoms with Crippen LogP contribution in [0.15, 0.2) is 45.9 Å². The number of aromatic nitrogens is 2. The number of para-hydroxylation sites is 1. The van der Waals surface area contributed by atoms with Crippen LogP contribution in [0.1, 0.15) is 25.7 Å². The van der Waals surface area contributed by atoms with Crippen molar-refractivity contribution >= 4 is 51.0 Å². The summed E-state index contributed by atoms with van der Waals surface area (Å²) in [6, 6.07) is 11.7. The van der Waals surface area contributed by atoms with Gasteiger partial charge in [0.2, 0.25) is 11.8 Å². The van der Waals surface area contributed by atoms with E-state index in [2.05, 4.69) is 41.7 Å². The zero-order chi connectivity index (χ0) is 20.9. The summed E-state index contributed by atoms with van der Waals surface area (Å²) in [5.41, 5.74) is 0.745.